The number of allylic oxidation sites excluding steroid dienone is 1. The second kappa shape index (κ2) is 12.4. The van der Waals surface area contributed by atoms with Crippen LogP contribution in [0, 0.1) is 0 Å². The number of rotatable bonds is 12. The lowest BCUT2D eigenvalue weighted by atomic mass is 10.3. The molecule has 0 bridgehead atoms. The first-order valence-electron chi connectivity index (χ1n) is 8.22. The third kappa shape index (κ3) is 7.91. The summed E-state index contributed by atoms with van der Waals surface area (Å²) in [7, 11) is -2.83. The first-order chi connectivity index (χ1) is 11.6. The summed E-state index contributed by atoms with van der Waals surface area (Å²) in [6.45, 7) is 7.53. The highest BCUT2D eigenvalue weighted by Gasteiger charge is 2.38. The predicted molar refractivity (Wildman–Crippen MR) is 106 cm³/mol. The largest absolute Gasteiger partial charge is 0.530 e. The Hall–Kier alpha value is -0.0131. The molecule has 1 rings (SSSR count). The van der Waals surface area contributed by atoms with E-state index in [0.29, 0.717) is 25.7 Å². The Kier molecular flexibility index (Phi) is 11.3. The van der Waals surface area contributed by atoms with Gasteiger partial charge in [0.15, 0.2) is 0 Å². The summed E-state index contributed by atoms with van der Waals surface area (Å²) < 4.78 is 17.8. The van der Waals surface area contributed by atoms with Crippen LogP contribution in [0.25, 0.3) is 0 Å². The molecule has 0 aliphatic rings. The van der Waals surface area contributed by atoms with E-state index < -0.39 is 8.80 Å². The normalized spacial score (nSPS) is 12.6. The molecule has 0 radical (unpaired) electrons. The molecule has 0 unspecified atom stereocenters. The average molecular weight is 409 g/mol. The van der Waals surface area contributed by atoms with Gasteiger partial charge in [-0.05, 0) is 68.5 Å². The topological polar surface area (TPSA) is 27.7 Å². The van der Waals surface area contributed by atoms with E-state index in [-0.39, 0.29) is 0 Å². The van der Waals surface area contributed by atoms with Gasteiger partial charge in [0.25, 0.3) is 0 Å². The van der Waals surface area contributed by atoms with Crippen molar-refractivity contribution in [3.63, 3.8) is 0 Å². The van der Waals surface area contributed by atoms with Gasteiger partial charge < -0.3 is 13.3 Å². The van der Waals surface area contributed by atoms with E-state index in [1.54, 1.807) is 11.8 Å². The molecule has 7 heteroatoms. The molecule has 1 aromatic carbocycles. The molecule has 136 valence electrons. The van der Waals surface area contributed by atoms with E-state index in [1.807, 2.05) is 45.0 Å². The first-order valence-corrected chi connectivity index (χ1v) is 11.7. The number of halogens is 2. The molecule has 0 heterocycles. The molecule has 0 aliphatic carbocycles. The standard InChI is InChI=1S/C17H26Cl2O3SSi/c1-4-20-24(21-5-2,22-6-3)14-17(8-7-13-18)23-16-11-9-15(19)10-12-16/h9-12,14H,4-8,13H2,1-3H3. The van der Waals surface area contributed by atoms with E-state index in [4.69, 9.17) is 36.5 Å². The van der Waals surface area contributed by atoms with E-state index in [9.17, 15) is 0 Å². The molecular formula is C17H26Cl2O3SSi. The van der Waals surface area contributed by atoms with Crippen LogP contribution in [0.1, 0.15) is 33.6 Å². The van der Waals surface area contributed by atoms with Crippen LogP contribution in [-0.4, -0.2) is 34.5 Å². The van der Waals surface area contributed by atoms with Gasteiger partial charge in [-0.25, -0.2) is 0 Å². The van der Waals surface area contributed by atoms with Crippen LogP contribution in [-0.2, 0) is 13.3 Å². The zero-order chi connectivity index (χ0) is 17.8. The fourth-order valence-corrected chi connectivity index (χ4v) is 6.09. The maximum Gasteiger partial charge on any atom is 0.530 e. The Bertz CT molecular complexity index is 480. The molecule has 0 spiro atoms. The summed E-state index contributed by atoms with van der Waals surface area (Å²) in [6.07, 6.45) is 1.75. The quantitative estimate of drug-likeness (QED) is 0.243. The summed E-state index contributed by atoms with van der Waals surface area (Å²) >= 11 is 13.5. The Morgan fingerprint density at radius 3 is 2.04 bits per heavy atom. The van der Waals surface area contributed by atoms with Crippen molar-refractivity contribution in [2.24, 2.45) is 0 Å². The van der Waals surface area contributed by atoms with Crippen LogP contribution in [0.4, 0.5) is 0 Å². The van der Waals surface area contributed by atoms with Gasteiger partial charge >= 0.3 is 8.80 Å². The molecule has 0 aromatic heterocycles. The number of alkyl halides is 1. The van der Waals surface area contributed by atoms with Gasteiger partial charge in [0.1, 0.15) is 0 Å². The lowest BCUT2D eigenvalue weighted by molar-refractivity contribution is 0.0841. The van der Waals surface area contributed by atoms with Crippen LogP contribution in [0.2, 0.25) is 5.02 Å². The van der Waals surface area contributed by atoms with Crippen LogP contribution in [0.3, 0.4) is 0 Å². The number of thioether (sulfide) groups is 1. The minimum Gasteiger partial charge on any atom is -0.371 e. The maximum absolute atomic E-state index is 5.97. The Balaban J connectivity index is 3.06. The highest BCUT2D eigenvalue weighted by atomic mass is 35.5. The third-order valence-corrected chi connectivity index (χ3v) is 7.59. The molecule has 24 heavy (non-hydrogen) atoms. The second-order valence-corrected chi connectivity index (χ2v) is 9.24. The Morgan fingerprint density at radius 2 is 1.58 bits per heavy atom. The van der Waals surface area contributed by atoms with Crippen molar-refractivity contribution in [1.29, 1.82) is 0 Å². The zero-order valence-electron chi connectivity index (χ0n) is 14.5. The van der Waals surface area contributed by atoms with Gasteiger partial charge in [-0.1, -0.05) is 23.4 Å². The average Bonchev–Trinajstić information content (AvgIpc) is 2.55. The molecule has 3 nitrogen and oxygen atoms in total. The van der Waals surface area contributed by atoms with Crippen molar-refractivity contribution in [1.82, 2.24) is 0 Å². The number of benzene rings is 1. The van der Waals surface area contributed by atoms with E-state index in [1.165, 1.54) is 0 Å². The van der Waals surface area contributed by atoms with Gasteiger partial charge in [0.05, 0.1) is 0 Å². The van der Waals surface area contributed by atoms with Crippen LogP contribution >= 0.6 is 35.0 Å². The van der Waals surface area contributed by atoms with Crippen molar-refractivity contribution in [2.75, 3.05) is 25.7 Å². The van der Waals surface area contributed by atoms with Crippen LogP contribution in [0.5, 0.6) is 0 Å². The molecule has 0 aliphatic heterocycles. The maximum atomic E-state index is 5.97. The summed E-state index contributed by atoms with van der Waals surface area (Å²) in [5, 5.41) is 0.729. The van der Waals surface area contributed by atoms with Crippen molar-refractivity contribution in [2.45, 2.75) is 38.5 Å². The SMILES string of the molecule is CCO[Si](C=C(CCCCl)Sc1ccc(Cl)cc1)(OCC)OCC. The highest BCUT2D eigenvalue weighted by molar-refractivity contribution is 8.03. The minimum absolute atomic E-state index is 0.553. The lowest BCUT2D eigenvalue weighted by Gasteiger charge is -2.26. The second-order valence-electron chi connectivity index (χ2n) is 4.86. The minimum atomic E-state index is -2.83. The molecule has 0 N–H and O–H groups in total. The molecule has 0 amide bonds. The van der Waals surface area contributed by atoms with Gasteiger partial charge in [-0.2, -0.15) is 0 Å². The Morgan fingerprint density at radius 1 is 1.04 bits per heavy atom. The van der Waals surface area contributed by atoms with E-state index >= 15 is 0 Å². The molecular weight excluding hydrogens is 383 g/mol. The summed E-state index contributed by atoms with van der Waals surface area (Å²) in [5.41, 5.74) is 2.06. The predicted octanol–water partition coefficient (Wildman–Crippen LogP) is 5.92. The van der Waals surface area contributed by atoms with Crippen LogP contribution in [0.15, 0.2) is 39.8 Å². The lowest BCUT2D eigenvalue weighted by Crippen LogP contribution is -2.44. The Labute approximate surface area is 161 Å². The summed E-state index contributed by atoms with van der Waals surface area (Å²) in [4.78, 5) is 2.27. The fourth-order valence-electron chi connectivity index (χ4n) is 2.10. The highest BCUT2D eigenvalue weighted by Crippen LogP contribution is 2.32. The van der Waals surface area contributed by atoms with E-state index in [0.717, 1.165) is 27.7 Å². The molecule has 0 atom stereocenters. The third-order valence-electron chi connectivity index (χ3n) is 2.99. The molecule has 1 aromatic rings. The molecule has 0 saturated heterocycles. The van der Waals surface area contributed by atoms with Crippen molar-refractivity contribution >= 4 is 43.8 Å². The number of hydrogen-bond donors (Lipinski definition) is 0. The fraction of sp³-hybridized carbons (Fsp3) is 0.529. The summed E-state index contributed by atoms with van der Waals surface area (Å²) in [5.74, 6) is 0.616. The van der Waals surface area contributed by atoms with Crippen molar-refractivity contribution in [3.8, 4) is 0 Å². The van der Waals surface area contributed by atoms with Gasteiger partial charge in [0.2, 0.25) is 0 Å². The zero-order valence-corrected chi connectivity index (χ0v) is 17.8. The van der Waals surface area contributed by atoms with Crippen molar-refractivity contribution in [3.05, 3.63) is 39.9 Å². The molecule has 0 saturated carbocycles. The van der Waals surface area contributed by atoms with E-state index in [2.05, 4.69) is 5.70 Å². The monoisotopic (exact) mass is 408 g/mol. The van der Waals surface area contributed by atoms with Gasteiger partial charge in [-0.3, -0.25) is 0 Å². The summed E-state index contributed by atoms with van der Waals surface area (Å²) in [6, 6.07) is 7.79. The van der Waals surface area contributed by atoms with Crippen LogP contribution < -0.4 is 0 Å². The smallest absolute Gasteiger partial charge is 0.371 e. The van der Waals surface area contributed by atoms with Gasteiger partial charge in [0, 0.05) is 35.6 Å². The first kappa shape index (κ1) is 22.0. The molecule has 0 fully saturated rings. The van der Waals surface area contributed by atoms with Crippen molar-refractivity contribution < 1.29 is 13.3 Å². The van der Waals surface area contributed by atoms with Gasteiger partial charge in [-0.15, -0.1) is 11.6 Å². The number of hydrogen-bond acceptors (Lipinski definition) is 4.